The van der Waals surface area contributed by atoms with Crippen molar-refractivity contribution in [1.82, 2.24) is 0 Å². The summed E-state index contributed by atoms with van der Waals surface area (Å²) in [6.45, 7) is -0.610. The molecule has 2 rings (SSSR count). The number of halogens is 1. The van der Waals surface area contributed by atoms with Crippen LogP contribution in [0, 0.1) is 5.82 Å². The molecular formula is C13H17FO8S. The number of ether oxygens (including phenoxy) is 2. The molecule has 0 saturated carbocycles. The van der Waals surface area contributed by atoms with Gasteiger partial charge in [-0.25, -0.2) is 4.39 Å². The monoisotopic (exact) mass is 352 g/mol. The summed E-state index contributed by atoms with van der Waals surface area (Å²) in [5.41, 5.74) is 0. The molecule has 1 aliphatic rings. The Morgan fingerprint density at radius 3 is 2.57 bits per heavy atom. The van der Waals surface area contributed by atoms with Crippen LogP contribution in [0.25, 0.3) is 0 Å². The fourth-order valence-corrected chi connectivity index (χ4v) is 3.28. The van der Waals surface area contributed by atoms with E-state index in [4.69, 9.17) is 18.8 Å². The van der Waals surface area contributed by atoms with Crippen molar-refractivity contribution < 1.29 is 41.8 Å². The topological polar surface area (TPSA) is 123 Å². The van der Waals surface area contributed by atoms with Crippen molar-refractivity contribution >= 4 is 10.1 Å². The molecule has 1 heterocycles. The highest BCUT2D eigenvalue weighted by Crippen LogP contribution is 2.27. The summed E-state index contributed by atoms with van der Waals surface area (Å²) in [6, 6.07) is 4.11. The van der Waals surface area contributed by atoms with Gasteiger partial charge in [-0.1, -0.05) is 6.07 Å². The van der Waals surface area contributed by atoms with E-state index in [2.05, 4.69) is 0 Å². The SMILES string of the molecule is CO[C@H]1O[C@H](CO)[C@@H](O)[C@H](O)[C@H]1OS(=O)(=O)c1cccc(F)c1. The van der Waals surface area contributed by atoms with Crippen molar-refractivity contribution in [3.05, 3.63) is 30.1 Å². The Kier molecular flexibility index (Phi) is 5.68. The first-order valence-corrected chi connectivity index (χ1v) is 8.05. The lowest BCUT2D eigenvalue weighted by Gasteiger charge is -2.40. The first-order valence-electron chi connectivity index (χ1n) is 6.64. The second-order valence-electron chi connectivity index (χ2n) is 4.91. The summed E-state index contributed by atoms with van der Waals surface area (Å²) in [6.07, 6.45) is -7.39. The lowest BCUT2D eigenvalue weighted by Crippen LogP contribution is -2.60. The van der Waals surface area contributed by atoms with Crippen LogP contribution >= 0.6 is 0 Å². The number of aliphatic hydroxyl groups excluding tert-OH is 3. The van der Waals surface area contributed by atoms with Gasteiger partial charge in [0.05, 0.1) is 11.5 Å². The number of benzene rings is 1. The lowest BCUT2D eigenvalue weighted by molar-refractivity contribution is -0.288. The number of hydrogen-bond acceptors (Lipinski definition) is 8. The molecule has 1 aromatic rings. The van der Waals surface area contributed by atoms with Crippen LogP contribution in [0.5, 0.6) is 0 Å². The Balaban J connectivity index is 2.26. The molecular weight excluding hydrogens is 335 g/mol. The molecule has 0 bridgehead atoms. The van der Waals surface area contributed by atoms with Gasteiger partial charge in [0.2, 0.25) is 0 Å². The van der Waals surface area contributed by atoms with E-state index in [0.717, 1.165) is 18.2 Å². The largest absolute Gasteiger partial charge is 0.394 e. The fraction of sp³-hybridized carbons (Fsp3) is 0.538. The molecule has 0 aliphatic carbocycles. The van der Waals surface area contributed by atoms with Crippen molar-refractivity contribution in [2.24, 2.45) is 0 Å². The number of aliphatic hydroxyl groups is 3. The van der Waals surface area contributed by atoms with Crippen LogP contribution in [-0.2, 0) is 23.8 Å². The summed E-state index contributed by atoms with van der Waals surface area (Å²) in [5.74, 6) is -0.779. The van der Waals surface area contributed by atoms with Crippen LogP contribution < -0.4 is 0 Å². The van der Waals surface area contributed by atoms with E-state index in [1.165, 1.54) is 13.2 Å². The molecule has 0 radical (unpaired) electrons. The molecule has 0 spiro atoms. The Morgan fingerprint density at radius 2 is 2.00 bits per heavy atom. The molecule has 0 aromatic heterocycles. The van der Waals surface area contributed by atoms with Gasteiger partial charge in [-0.15, -0.1) is 0 Å². The van der Waals surface area contributed by atoms with Crippen molar-refractivity contribution in [2.45, 2.75) is 35.6 Å². The summed E-state index contributed by atoms with van der Waals surface area (Å²) < 4.78 is 52.4. The average Bonchev–Trinajstić information content (AvgIpc) is 2.52. The van der Waals surface area contributed by atoms with Gasteiger partial charge in [0.15, 0.2) is 12.4 Å². The molecule has 130 valence electrons. The van der Waals surface area contributed by atoms with Crippen molar-refractivity contribution in [3.63, 3.8) is 0 Å². The normalized spacial score (nSPS) is 32.0. The average molecular weight is 352 g/mol. The number of rotatable bonds is 5. The maximum absolute atomic E-state index is 13.2. The van der Waals surface area contributed by atoms with E-state index >= 15 is 0 Å². The quantitative estimate of drug-likeness (QED) is 0.576. The minimum Gasteiger partial charge on any atom is -0.394 e. The predicted octanol–water partition coefficient (Wildman–Crippen LogP) is -1.02. The molecule has 1 aliphatic heterocycles. The highest BCUT2D eigenvalue weighted by atomic mass is 32.2. The van der Waals surface area contributed by atoms with E-state index < -0.39 is 58.1 Å². The molecule has 1 saturated heterocycles. The van der Waals surface area contributed by atoms with Crippen LogP contribution in [0.3, 0.4) is 0 Å². The Bertz CT molecular complexity index is 635. The van der Waals surface area contributed by atoms with Crippen LogP contribution in [-0.4, -0.2) is 68.2 Å². The third kappa shape index (κ3) is 3.86. The van der Waals surface area contributed by atoms with Gasteiger partial charge >= 0.3 is 0 Å². The molecule has 10 heteroatoms. The van der Waals surface area contributed by atoms with Gasteiger partial charge in [-0.2, -0.15) is 8.42 Å². The molecule has 8 nitrogen and oxygen atoms in total. The molecule has 23 heavy (non-hydrogen) atoms. The molecule has 0 amide bonds. The van der Waals surface area contributed by atoms with E-state index in [1.807, 2.05) is 0 Å². The zero-order chi connectivity index (χ0) is 17.2. The van der Waals surface area contributed by atoms with Gasteiger partial charge in [-0.05, 0) is 18.2 Å². The smallest absolute Gasteiger partial charge is 0.297 e. The van der Waals surface area contributed by atoms with Crippen molar-refractivity contribution in [3.8, 4) is 0 Å². The van der Waals surface area contributed by atoms with E-state index in [9.17, 15) is 23.0 Å². The van der Waals surface area contributed by atoms with Gasteiger partial charge in [-0.3, -0.25) is 4.18 Å². The van der Waals surface area contributed by atoms with E-state index in [0.29, 0.717) is 0 Å². The third-order valence-electron chi connectivity index (χ3n) is 3.38. The molecule has 0 unspecified atom stereocenters. The highest BCUT2D eigenvalue weighted by Gasteiger charge is 2.47. The minimum absolute atomic E-state index is 0.460. The van der Waals surface area contributed by atoms with Crippen molar-refractivity contribution in [2.75, 3.05) is 13.7 Å². The maximum Gasteiger partial charge on any atom is 0.297 e. The standard InChI is InChI=1S/C13H17FO8S/c1-20-13-12(11(17)10(16)9(6-15)21-13)22-23(18,19)8-4-2-3-7(14)5-8/h2-5,9-13,15-17H,6H2,1H3/t9-,10-,11+,12-,13+/m1/s1. The van der Waals surface area contributed by atoms with Crippen molar-refractivity contribution in [1.29, 1.82) is 0 Å². The number of methoxy groups -OCH3 is 1. The Labute approximate surface area is 132 Å². The van der Waals surface area contributed by atoms with Gasteiger partial charge < -0.3 is 24.8 Å². The van der Waals surface area contributed by atoms with Crippen LogP contribution in [0.15, 0.2) is 29.2 Å². The second kappa shape index (κ2) is 7.18. The molecule has 1 aromatic carbocycles. The summed E-state index contributed by atoms with van der Waals surface area (Å²) in [5, 5.41) is 28.9. The number of hydrogen-bond donors (Lipinski definition) is 3. The van der Waals surface area contributed by atoms with E-state index in [1.54, 1.807) is 0 Å². The molecule has 1 fully saturated rings. The van der Waals surface area contributed by atoms with Gasteiger partial charge in [0, 0.05) is 7.11 Å². The van der Waals surface area contributed by atoms with Gasteiger partial charge in [0.25, 0.3) is 10.1 Å². The predicted molar refractivity (Wildman–Crippen MR) is 73.2 cm³/mol. The highest BCUT2D eigenvalue weighted by molar-refractivity contribution is 7.86. The Morgan fingerprint density at radius 1 is 1.30 bits per heavy atom. The first-order chi connectivity index (χ1) is 10.8. The maximum atomic E-state index is 13.2. The third-order valence-corrected chi connectivity index (χ3v) is 4.69. The molecule has 3 N–H and O–H groups in total. The van der Waals surface area contributed by atoms with Gasteiger partial charge in [0.1, 0.15) is 24.1 Å². The van der Waals surface area contributed by atoms with E-state index in [-0.39, 0.29) is 0 Å². The first kappa shape index (κ1) is 18.2. The van der Waals surface area contributed by atoms with Crippen LogP contribution in [0.1, 0.15) is 0 Å². The Hall–Kier alpha value is -1.14. The lowest BCUT2D eigenvalue weighted by atomic mass is 9.99. The summed E-state index contributed by atoms with van der Waals surface area (Å²) in [4.78, 5) is -0.460. The summed E-state index contributed by atoms with van der Waals surface area (Å²) in [7, 11) is -3.26. The molecule has 5 atom stereocenters. The zero-order valence-electron chi connectivity index (χ0n) is 12.1. The second-order valence-corrected chi connectivity index (χ2v) is 6.49. The zero-order valence-corrected chi connectivity index (χ0v) is 12.9. The summed E-state index contributed by atoms with van der Waals surface area (Å²) >= 11 is 0. The van der Waals surface area contributed by atoms with Crippen LogP contribution in [0.2, 0.25) is 0 Å². The minimum atomic E-state index is -4.44. The van der Waals surface area contributed by atoms with Crippen LogP contribution in [0.4, 0.5) is 4.39 Å². The fourth-order valence-electron chi connectivity index (χ4n) is 2.17.